The van der Waals surface area contributed by atoms with Crippen molar-refractivity contribution >= 4 is 11.8 Å². The standard InChI is InChI=1S/C18H29NO3/c1-6-9-18(12-13(20)11-15(18)17(2,3)4)19-10-7-8-14(19)16(21)22-5/h11,14H,6-10,12H2,1-5H3/t14-,18?/m0/s1. The summed E-state index contributed by atoms with van der Waals surface area (Å²) in [6.45, 7) is 9.48. The lowest BCUT2D eigenvalue weighted by Gasteiger charge is -2.47. The zero-order chi connectivity index (χ0) is 16.5. The molecule has 124 valence electrons. The van der Waals surface area contributed by atoms with Gasteiger partial charge in [-0.15, -0.1) is 0 Å². The minimum atomic E-state index is -0.306. The molecule has 0 amide bonds. The average Bonchev–Trinajstić information content (AvgIpc) is 3.03. The molecule has 2 aliphatic rings. The van der Waals surface area contributed by atoms with Crippen molar-refractivity contribution < 1.29 is 14.3 Å². The number of ketones is 1. The quantitative estimate of drug-likeness (QED) is 0.749. The second-order valence-electron chi connectivity index (χ2n) is 7.61. The van der Waals surface area contributed by atoms with Crippen LogP contribution < -0.4 is 0 Å². The molecule has 0 N–H and O–H groups in total. The van der Waals surface area contributed by atoms with E-state index in [1.54, 1.807) is 0 Å². The van der Waals surface area contributed by atoms with E-state index in [1.165, 1.54) is 12.7 Å². The van der Waals surface area contributed by atoms with Crippen LogP contribution in [0.3, 0.4) is 0 Å². The maximum atomic E-state index is 12.3. The van der Waals surface area contributed by atoms with Gasteiger partial charge in [-0.25, -0.2) is 0 Å². The Morgan fingerprint density at radius 3 is 2.68 bits per heavy atom. The van der Waals surface area contributed by atoms with Gasteiger partial charge in [-0.1, -0.05) is 34.1 Å². The van der Waals surface area contributed by atoms with Crippen LogP contribution in [0, 0.1) is 5.41 Å². The summed E-state index contributed by atoms with van der Waals surface area (Å²) in [5, 5.41) is 0. The third-order valence-corrected chi connectivity index (χ3v) is 5.02. The first kappa shape index (κ1) is 17.2. The fourth-order valence-corrected chi connectivity index (χ4v) is 4.34. The number of hydrogen-bond acceptors (Lipinski definition) is 4. The van der Waals surface area contributed by atoms with Gasteiger partial charge < -0.3 is 4.74 Å². The Labute approximate surface area is 133 Å². The summed E-state index contributed by atoms with van der Waals surface area (Å²) in [5.41, 5.74) is 0.798. The molecule has 0 bridgehead atoms. The van der Waals surface area contributed by atoms with Crippen LogP contribution in [0.25, 0.3) is 0 Å². The van der Waals surface area contributed by atoms with Crippen molar-refractivity contribution in [2.24, 2.45) is 5.41 Å². The van der Waals surface area contributed by atoms with Crippen molar-refractivity contribution in [2.75, 3.05) is 13.7 Å². The van der Waals surface area contributed by atoms with E-state index in [9.17, 15) is 9.59 Å². The highest BCUT2D eigenvalue weighted by molar-refractivity contribution is 5.96. The fourth-order valence-electron chi connectivity index (χ4n) is 4.34. The Bertz CT molecular complexity index is 489. The van der Waals surface area contributed by atoms with Crippen LogP contribution in [0.4, 0.5) is 0 Å². The minimum Gasteiger partial charge on any atom is -0.468 e. The zero-order valence-corrected chi connectivity index (χ0v) is 14.6. The van der Waals surface area contributed by atoms with E-state index < -0.39 is 0 Å². The Hall–Kier alpha value is -1.16. The molecule has 1 unspecified atom stereocenters. The molecule has 1 heterocycles. The van der Waals surface area contributed by atoms with E-state index in [0.717, 1.165) is 32.2 Å². The first-order valence-corrected chi connectivity index (χ1v) is 8.36. The summed E-state index contributed by atoms with van der Waals surface area (Å²) < 4.78 is 5.01. The van der Waals surface area contributed by atoms with Crippen molar-refractivity contribution in [3.8, 4) is 0 Å². The molecular weight excluding hydrogens is 278 g/mol. The molecule has 2 atom stereocenters. The largest absolute Gasteiger partial charge is 0.468 e. The smallest absolute Gasteiger partial charge is 0.323 e. The van der Waals surface area contributed by atoms with Crippen molar-refractivity contribution in [1.82, 2.24) is 4.90 Å². The van der Waals surface area contributed by atoms with Crippen LogP contribution in [-0.4, -0.2) is 41.9 Å². The van der Waals surface area contributed by atoms with Crippen molar-refractivity contribution in [2.45, 2.75) is 71.4 Å². The van der Waals surface area contributed by atoms with Gasteiger partial charge in [-0.2, -0.15) is 0 Å². The van der Waals surface area contributed by atoms with E-state index in [-0.39, 0.29) is 28.7 Å². The van der Waals surface area contributed by atoms with Crippen LogP contribution in [-0.2, 0) is 14.3 Å². The SMILES string of the molecule is CCCC1(N2CCC[C@H]2C(=O)OC)CC(=O)C=C1C(C)(C)C. The number of likely N-dealkylation sites (tertiary alicyclic amines) is 1. The maximum Gasteiger partial charge on any atom is 0.323 e. The molecule has 1 aliphatic carbocycles. The number of rotatable bonds is 4. The summed E-state index contributed by atoms with van der Waals surface area (Å²) in [5.74, 6) is 0.0227. The van der Waals surface area contributed by atoms with Gasteiger partial charge in [0.25, 0.3) is 0 Å². The zero-order valence-electron chi connectivity index (χ0n) is 14.6. The Morgan fingerprint density at radius 1 is 1.45 bits per heavy atom. The monoisotopic (exact) mass is 307 g/mol. The topological polar surface area (TPSA) is 46.6 Å². The molecular formula is C18H29NO3. The lowest BCUT2D eigenvalue weighted by molar-refractivity contribution is -0.148. The molecule has 22 heavy (non-hydrogen) atoms. The number of carbonyl (C=O) groups is 2. The number of methoxy groups -OCH3 is 1. The van der Waals surface area contributed by atoms with Crippen LogP contribution in [0.1, 0.15) is 59.8 Å². The predicted octanol–water partition coefficient (Wildman–Crippen LogP) is 3.11. The minimum absolute atomic E-state index is 0.0788. The summed E-state index contributed by atoms with van der Waals surface area (Å²) >= 11 is 0. The number of nitrogens with zero attached hydrogens (tertiary/aromatic N) is 1. The van der Waals surface area contributed by atoms with E-state index in [1.807, 2.05) is 6.08 Å². The van der Waals surface area contributed by atoms with Gasteiger partial charge in [0.1, 0.15) is 6.04 Å². The third kappa shape index (κ3) is 2.85. The summed E-state index contributed by atoms with van der Waals surface area (Å²) in [7, 11) is 1.45. The molecule has 0 spiro atoms. The molecule has 4 nitrogen and oxygen atoms in total. The molecule has 2 rings (SSSR count). The van der Waals surface area contributed by atoms with Gasteiger partial charge in [0.2, 0.25) is 0 Å². The number of esters is 1. The summed E-state index contributed by atoms with van der Waals surface area (Å²) in [4.78, 5) is 26.7. The van der Waals surface area contributed by atoms with Crippen LogP contribution >= 0.6 is 0 Å². The van der Waals surface area contributed by atoms with Gasteiger partial charge in [-0.3, -0.25) is 14.5 Å². The highest BCUT2D eigenvalue weighted by Gasteiger charge is 2.53. The third-order valence-electron chi connectivity index (χ3n) is 5.02. The maximum absolute atomic E-state index is 12.3. The van der Waals surface area contributed by atoms with Gasteiger partial charge in [0, 0.05) is 6.42 Å². The van der Waals surface area contributed by atoms with Gasteiger partial charge in [0.15, 0.2) is 5.78 Å². The fraction of sp³-hybridized carbons (Fsp3) is 0.778. The highest BCUT2D eigenvalue weighted by atomic mass is 16.5. The second-order valence-corrected chi connectivity index (χ2v) is 7.61. The molecule has 4 heteroatoms. The summed E-state index contributed by atoms with van der Waals surface area (Å²) in [6.07, 6.45) is 6.05. The van der Waals surface area contributed by atoms with Crippen molar-refractivity contribution in [1.29, 1.82) is 0 Å². The van der Waals surface area contributed by atoms with E-state index in [0.29, 0.717) is 6.42 Å². The van der Waals surface area contributed by atoms with Gasteiger partial charge >= 0.3 is 5.97 Å². The van der Waals surface area contributed by atoms with Crippen molar-refractivity contribution in [3.05, 3.63) is 11.6 Å². The number of hydrogen-bond donors (Lipinski definition) is 0. The molecule has 0 aromatic heterocycles. The van der Waals surface area contributed by atoms with Gasteiger partial charge in [0.05, 0.1) is 12.6 Å². The van der Waals surface area contributed by atoms with E-state index in [2.05, 4.69) is 32.6 Å². The van der Waals surface area contributed by atoms with E-state index in [4.69, 9.17) is 4.74 Å². The number of carbonyl (C=O) groups excluding carboxylic acids is 2. The first-order chi connectivity index (χ1) is 10.3. The first-order valence-electron chi connectivity index (χ1n) is 8.36. The lowest BCUT2D eigenvalue weighted by Crippen LogP contribution is -2.55. The molecule has 0 aromatic rings. The molecule has 1 saturated heterocycles. The van der Waals surface area contributed by atoms with Gasteiger partial charge in [-0.05, 0) is 42.9 Å². The molecule has 1 fully saturated rings. The second kappa shape index (κ2) is 6.15. The molecule has 1 aliphatic heterocycles. The normalized spacial score (nSPS) is 29.8. The van der Waals surface area contributed by atoms with Crippen LogP contribution in [0.2, 0.25) is 0 Å². The predicted molar refractivity (Wildman–Crippen MR) is 86.5 cm³/mol. The lowest BCUT2D eigenvalue weighted by atomic mass is 9.72. The van der Waals surface area contributed by atoms with Crippen LogP contribution in [0.5, 0.6) is 0 Å². The molecule has 0 saturated carbocycles. The summed E-state index contributed by atoms with van der Waals surface area (Å²) in [6, 6.07) is -0.215. The highest BCUT2D eigenvalue weighted by Crippen LogP contribution is 2.49. The van der Waals surface area contributed by atoms with E-state index >= 15 is 0 Å². The number of ether oxygens (including phenoxy) is 1. The number of allylic oxidation sites excluding steroid dienone is 1. The Morgan fingerprint density at radius 2 is 2.14 bits per heavy atom. The molecule has 0 aromatic carbocycles. The Kier molecular flexibility index (Phi) is 4.81. The average molecular weight is 307 g/mol. The molecule has 0 radical (unpaired) electrons. The van der Waals surface area contributed by atoms with Crippen LogP contribution in [0.15, 0.2) is 11.6 Å². The Balaban J connectivity index is 2.46. The van der Waals surface area contributed by atoms with Crippen molar-refractivity contribution in [3.63, 3.8) is 0 Å².